The Morgan fingerprint density at radius 3 is 2.50 bits per heavy atom. The minimum atomic E-state index is 0.810. The molecule has 2 aromatic rings. The lowest BCUT2D eigenvalue weighted by atomic mass is 10.2. The molecule has 0 radical (unpaired) electrons. The summed E-state index contributed by atoms with van der Waals surface area (Å²) in [4.78, 5) is 6.92. The molecule has 0 saturated carbocycles. The first-order chi connectivity index (χ1) is 8.72. The summed E-state index contributed by atoms with van der Waals surface area (Å²) in [6.45, 7) is 6.13. The molecule has 4 heteroatoms. The second kappa shape index (κ2) is 5.87. The predicted molar refractivity (Wildman–Crippen MR) is 79.1 cm³/mol. The molecule has 0 atom stereocenters. The van der Waals surface area contributed by atoms with Crippen molar-refractivity contribution >= 4 is 22.2 Å². The quantitative estimate of drug-likeness (QED) is 0.840. The van der Waals surface area contributed by atoms with Crippen molar-refractivity contribution in [2.75, 3.05) is 17.2 Å². The number of anilines is 2. The number of benzene rings is 1. The van der Waals surface area contributed by atoms with Crippen molar-refractivity contribution in [1.29, 1.82) is 0 Å². The predicted octanol–water partition coefficient (Wildman–Crippen LogP) is 3.31. The molecule has 0 bridgehead atoms. The number of nitrogens with zero attached hydrogens (tertiary/aromatic N) is 2. The van der Waals surface area contributed by atoms with E-state index in [4.69, 9.17) is 5.73 Å². The van der Waals surface area contributed by atoms with Crippen LogP contribution in [-0.4, -0.2) is 11.5 Å². The smallest absolute Gasteiger partial charge is 0.185 e. The van der Waals surface area contributed by atoms with Gasteiger partial charge in [-0.1, -0.05) is 19.1 Å². The highest BCUT2D eigenvalue weighted by Crippen LogP contribution is 2.22. The van der Waals surface area contributed by atoms with E-state index in [1.807, 2.05) is 12.1 Å². The number of nitrogen functional groups attached to an aromatic ring is 1. The Kier molecular flexibility index (Phi) is 4.20. The maximum atomic E-state index is 5.70. The molecule has 0 fully saturated rings. The zero-order chi connectivity index (χ0) is 13.0. The number of nitrogens with two attached hydrogens (primary N) is 1. The van der Waals surface area contributed by atoms with E-state index < -0.39 is 0 Å². The fourth-order valence-electron chi connectivity index (χ4n) is 1.76. The Morgan fingerprint density at radius 2 is 1.94 bits per heavy atom. The van der Waals surface area contributed by atoms with Gasteiger partial charge in [-0.15, -0.1) is 11.3 Å². The first-order valence-corrected chi connectivity index (χ1v) is 7.14. The third-order valence-corrected chi connectivity index (χ3v) is 3.86. The number of aromatic nitrogens is 1. The minimum absolute atomic E-state index is 0.810. The monoisotopic (exact) mass is 261 g/mol. The summed E-state index contributed by atoms with van der Waals surface area (Å²) in [5, 5.41) is 3.24. The Bertz CT molecular complexity index is 490. The topological polar surface area (TPSA) is 42.1 Å². The lowest BCUT2D eigenvalue weighted by Gasteiger charge is -2.19. The van der Waals surface area contributed by atoms with Gasteiger partial charge in [0.25, 0.3) is 0 Å². The molecule has 1 aromatic carbocycles. The summed E-state index contributed by atoms with van der Waals surface area (Å²) in [6, 6.07) is 8.05. The highest BCUT2D eigenvalue weighted by molar-refractivity contribution is 7.13. The van der Waals surface area contributed by atoms with Crippen molar-refractivity contribution in [3.05, 3.63) is 40.9 Å². The van der Waals surface area contributed by atoms with Crippen LogP contribution in [-0.2, 0) is 13.0 Å². The molecule has 96 valence electrons. The highest BCUT2D eigenvalue weighted by Gasteiger charge is 2.09. The number of thiazole rings is 1. The average molecular weight is 261 g/mol. The molecule has 1 aromatic heterocycles. The summed E-state index contributed by atoms with van der Waals surface area (Å²) in [7, 11) is 0. The van der Waals surface area contributed by atoms with Gasteiger partial charge in [0, 0.05) is 24.2 Å². The van der Waals surface area contributed by atoms with Crippen molar-refractivity contribution in [2.45, 2.75) is 26.8 Å². The number of hydrogen-bond donors (Lipinski definition) is 1. The molecule has 2 rings (SSSR count). The number of hydrogen-bond acceptors (Lipinski definition) is 4. The maximum absolute atomic E-state index is 5.70. The molecular weight excluding hydrogens is 242 g/mol. The lowest BCUT2D eigenvalue weighted by Crippen LogP contribution is -2.21. The maximum Gasteiger partial charge on any atom is 0.185 e. The van der Waals surface area contributed by atoms with E-state index in [1.54, 1.807) is 11.3 Å². The summed E-state index contributed by atoms with van der Waals surface area (Å²) in [6.07, 6.45) is 0.996. The van der Waals surface area contributed by atoms with Crippen LogP contribution >= 0.6 is 11.3 Å². The van der Waals surface area contributed by atoms with E-state index in [-0.39, 0.29) is 0 Å². The molecule has 0 unspecified atom stereocenters. The second-order valence-electron chi connectivity index (χ2n) is 4.23. The summed E-state index contributed by atoms with van der Waals surface area (Å²) in [5.74, 6) is 0. The van der Waals surface area contributed by atoms with Crippen LogP contribution in [0.4, 0.5) is 10.8 Å². The molecular formula is C14H19N3S. The molecule has 2 N–H and O–H groups in total. The van der Waals surface area contributed by atoms with Crippen LogP contribution in [0.2, 0.25) is 0 Å². The van der Waals surface area contributed by atoms with Gasteiger partial charge in [-0.3, -0.25) is 0 Å². The Labute approximate surface area is 112 Å². The van der Waals surface area contributed by atoms with Gasteiger partial charge < -0.3 is 10.6 Å². The summed E-state index contributed by atoms with van der Waals surface area (Å²) < 4.78 is 0. The molecule has 0 amide bonds. The Hall–Kier alpha value is -1.55. The van der Waals surface area contributed by atoms with Crippen molar-refractivity contribution in [2.24, 2.45) is 0 Å². The molecule has 3 nitrogen and oxygen atoms in total. The van der Waals surface area contributed by atoms with Gasteiger partial charge in [0.05, 0.1) is 5.69 Å². The molecule has 0 aliphatic heterocycles. The van der Waals surface area contributed by atoms with E-state index >= 15 is 0 Å². The Balaban J connectivity index is 2.11. The van der Waals surface area contributed by atoms with E-state index in [0.29, 0.717) is 0 Å². The molecule has 0 spiro atoms. The van der Waals surface area contributed by atoms with Crippen molar-refractivity contribution < 1.29 is 0 Å². The first-order valence-electron chi connectivity index (χ1n) is 6.26. The van der Waals surface area contributed by atoms with Gasteiger partial charge in [0.15, 0.2) is 5.13 Å². The van der Waals surface area contributed by atoms with Crippen molar-refractivity contribution in [3.63, 3.8) is 0 Å². The zero-order valence-electron chi connectivity index (χ0n) is 10.9. The van der Waals surface area contributed by atoms with Crippen LogP contribution in [0.25, 0.3) is 0 Å². The minimum Gasteiger partial charge on any atom is -0.399 e. The van der Waals surface area contributed by atoms with Gasteiger partial charge in [-0.25, -0.2) is 4.98 Å². The fourth-order valence-corrected chi connectivity index (χ4v) is 2.74. The molecule has 0 aliphatic rings. The third-order valence-electron chi connectivity index (χ3n) is 2.91. The van der Waals surface area contributed by atoms with E-state index in [0.717, 1.165) is 30.3 Å². The van der Waals surface area contributed by atoms with E-state index in [2.05, 4.69) is 41.2 Å². The van der Waals surface area contributed by atoms with Gasteiger partial charge in [-0.05, 0) is 31.0 Å². The van der Waals surface area contributed by atoms with Crippen LogP contribution < -0.4 is 10.6 Å². The molecule has 0 saturated heterocycles. The number of rotatable bonds is 5. The normalized spacial score (nSPS) is 10.6. The highest BCUT2D eigenvalue weighted by atomic mass is 32.1. The number of aryl methyl sites for hydroxylation is 1. The molecule has 18 heavy (non-hydrogen) atoms. The molecule has 1 heterocycles. The largest absolute Gasteiger partial charge is 0.399 e. The van der Waals surface area contributed by atoms with Gasteiger partial charge in [0.1, 0.15) is 0 Å². The van der Waals surface area contributed by atoms with Crippen LogP contribution in [0.3, 0.4) is 0 Å². The Morgan fingerprint density at radius 1 is 1.22 bits per heavy atom. The third kappa shape index (κ3) is 3.01. The first kappa shape index (κ1) is 12.9. The zero-order valence-corrected chi connectivity index (χ0v) is 11.7. The fraction of sp³-hybridized carbons (Fsp3) is 0.357. The van der Waals surface area contributed by atoms with Crippen LogP contribution in [0.1, 0.15) is 25.1 Å². The van der Waals surface area contributed by atoms with Crippen LogP contribution in [0, 0.1) is 0 Å². The standard InChI is InChI=1S/C14H19N3S/c1-3-13-10-18-14(16-13)17(4-2)9-11-5-7-12(15)8-6-11/h5-8,10H,3-4,9,15H2,1-2H3. The molecule has 0 aliphatic carbocycles. The van der Waals surface area contributed by atoms with Crippen molar-refractivity contribution in [3.8, 4) is 0 Å². The SMILES string of the molecule is CCc1csc(N(CC)Cc2ccc(N)cc2)n1. The van der Waals surface area contributed by atoms with Crippen LogP contribution in [0.15, 0.2) is 29.6 Å². The van der Waals surface area contributed by atoms with Gasteiger partial charge in [-0.2, -0.15) is 0 Å². The van der Waals surface area contributed by atoms with Gasteiger partial charge >= 0.3 is 0 Å². The average Bonchev–Trinajstić information content (AvgIpc) is 2.87. The van der Waals surface area contributed by atoms with E-state index in [9.17, 15) is 0 Å². The second-order valence-corrected chi connectivity index (χ2v) is 5.07. The van der Waals surface area contributed by atoms with Crippen molar-refractivity contribution in [1.82, 2.24) is 4.98 Å². The summed E-state index contributed by atoms with van der Waals surface area (Å²) in [5.41, 5.74) is 8.94. The lowest BCUT2D eigenvalue weighted by molar-refractivity contribution is 0.822. The summed E-state index contributed by atoms with van der Waals surface area (Å²) >= 11 is 1.72. The van der Waals surface area contributed by atoms with Gasteiger partial charge in [0.2, 0.25) is 0 Å². The van der Waals surface area contributed by atoms with E-state index in [1.165, 1.54) is 11.3 Å². The van der Waals surface area contributed by atoms with Crippen LogP contribution in [0.5, 0.6) is 0 Å².